The van der Waals surface area contributed by atoms with Gasteiger partial charge in [0.25, 0.3) is 10.0 Å². The highest BCUT2D eigenvalue weighted by molar-refractivity contribution is 7.90. The highest BCUT2D eigenvalue weighted by atomic mass is 32.2. The van der Waals surface area contributed by atoms with Crippen molar-refractivity contribution in [3.63, 3.8) is 0 Å². The van der Waals surface area contributed by atoms with Crippen LogP contribution in [-0.4, -0.2) is 20.5 Å². The molecule has 0 spiro atoms. The monoisotopic (exact) mass is 281 g/mol. The summed E-state index contributed by atoms with van der Waals surface area (Å²) in [4.78, 5) is 10.6. The van der Waals surface area contributed by atoms with Gasteiger partial charge in [-0.05, 0) is 19.1 Å². The van der Waals surface area contributed by atoms with E-state index in [1.54, 1.807) is 6.92 Å². The minimum absolute atomic E-state index is 0.261. The number of nitrogens with one attached hydrogen (secondary N) is 1. The van der Waals surface area contributed by atoms with E-state index in [0.717, 1.165) is 5.56 Å². The second-order valence-electron chi connectivity index (χ2n) is 3.63. The minimum Gasteiger partial charge on any atom is -0.274 e. The van der Waals surface area contributed by atoms with Gasteiger partial charge in [0.1, 0.15) is 6.42 Å². The number of aryl methyl sites for hydroxylation is 1. The lowest BCUT2D eigenvalue weighted by atomic mass is 10.2. The van der Waals surface area contributed by atoms with Crippen LogP contribution in [0.3, 0.4) is 0 Å². The third kappa shape index (κ3) is 4.36. The van der Waals surface area contributed by atoms with Crippen LogP contribution in [0, 0.1) is 6.92 Å². The summed E-state index contributed by atoms with van der Waals surface area (Å²) < 4.78 is 60.1. The predicted octanol–water partition coefficient (Wildman–Crippen LogP) is 1.75. The van der Waals surface area contributed by atoms with Crippen molar-refractivity contribution in [3.8, 4) is 0 Å². The average molecular weight is 281 g/mol. The molecular formula is C10H10F3NO3S. The molecule has 0 fully saturated rings. The Kier molecular flexibility index (Phi) is 4.00. The fourth-order valence-electron chi connectivity index (χ4n) is 1.14. The number of carbonyl (C=O) groups is 1. The van der Waals surface area contributed by atoms with Crippen LogP contribution < -0.4 is 4.72 Å². The van der Waals surface area contributed by atoms with Crippen molar-refractivity contribution in [3.05, 3.63) is 29.8 Å². The Balaban J connectivity index is 2.83. The number of hydrogen-bond acceptors (Lipinski definition) is 3. The first kappa shape index (κ1) is 14.5. The standard InChI is InChI=1S/C10H10F3NO3S/c1-7-2-4-8(5-3-7)18(16,17)14-9(15)6-10(11,12)13/h2-5H,6H2,1H3,(H,14,15). The molecule has 4 nitrogen and oxygen atoms in total. The van der Waals surface area contributed by atoms with E-state index in [9.17, 15) is 26.4 Å². The molecule has 0 atom stereocenters. The number of amides is 1. The molecule has 0 aliphatic carbocycles. The highest BCUT2D eigenvalue weighted by Crippen LogP contribution is 2.19. The largest absolute Gasteiger partial charge is 0.397 e. The summed E-state index contributed by atoms with van der Waals surface area (Å²) in [6, 6.07) is 5.36. The highest BCUT2D eigenvalue weighted by Gasteiger charge is 2.33. The van der Waals surface area contributed by atoms with E-state index in [1.807, 2.05) is 0 Å². The molecule has 1 aromatic carbocycles. The van der Waals surface area contributed by atoms with Crippen molar-refractivity contribution in [2.45, 2.75) is 24.4 Å². The quantitative estimate of drug-likeness (QED) is 0.918. The van der Waals surface area contributed by atoms with Crippen molar-refractivity contribution in [1.29, 1.82) is 0 Å². The van der Waals surface area contributed by atoms with Crippen molar-refractivity contribution in [2.24, 2.45) is 0 Å². The summed E-state index contributed by atoms with van der Waals surface area (Å²) in [6.07, 6.45) is -6.58. The maximum Gasteiger partial charge on any atom is 0.397 e. The molecule has 0 bridgehead atoms. The van der Waals surface area contributed by atoms with Gasteiger partial charge >= 0.3 is 6.18 Å². The maximum atomic E-state index is 11.9. The van der Waals surface area contributed by atoms with Gasteiger partial charge in [0.2, 0.25) is 5.91 Å². The first-order valence-corrected chi connectivity index (χ1v) is 6.27. The molecule has 1 N–H and O–H groups in total. The molecule has 0 unspecified atom stereocenters. The lowest BCUT2D eigenvalue weighted by Gasteiger charge is -2.08. The van der Waals surface area contributed by atoms with Gasteiger partial charge in [0.15, 0.2) is 0 Å². The van der Waals surface area contributed by atoms with E-state index in [4.69, 9.17) is 0 Å². The fraction of sp³-hybridized carbons (Fsp3) is 0.300. The Hall–Kier alpha value is -1.57. The zero-order chi connectivity index (χ0) is 14.0. The van der Waals surface area contributed by atoms with Crippen LogP contribution >= 0.6 is 0 Å². The number of halogens is 3. The van der Waals surface area contributed by atoms with Gasteiger partial charge in [-0.25, -0.2) is 13.1 Å². The lowest BCUT2D eigenvalue weighted by molar-refractivity contribution is -0.152. The number of hydrogen-bond donors (Lipinski definition) is 1. The van der Waals surface area contributed by atoms with Crippen LogP contribution in [0.2, 0.25) is 0 Å². The van der Waals surface area contributed by atoms with Gasteiger partial charge in [0.05, 0.1) is 4.90 Å². The second kappa shape index (κ2) is 4.97. The Morgan fingerprint density at radius 3 is 2.17 bits per heavy atom. The third-order valence-corrected chi connectivity index (χ3v) is 3.33. The van der Waals surface area contributed by atoms with Crippen molar-refractivity contribution in [2.75, 3.05) is 0 Å². The second-order valence-corrected chi connectivity index (χ2v) is 5.32. The Labute approximate surface area is 102 Å². The molecule has 0 saturated heterocycles. The van der Waals surface area contributed by atoms with Gasteiger partial charge in [-0.2, -0.15) is 13.2 Å². The summed E-state index contributed by atoms with van der Waals surface area (Å²) in [7, 11) is -4.25. The smallest absolute Gasteiger partial charge is 0.274 e. The van der Waals surface area contributed by atoms with Gasteiger partial charge in [-0.1, -0.05) is 17.7 Å². The fourth-order valence-corrected chi connectivity index (χ4v) is 2.13. The predicted molar refractivity (Wildman–Crippen MR) is 57.2 cm³/mol. The SMILES string of the molecule is Cc1ccc(S(=O)(=O)NC(=O)CC(F)(F)F)cc1. The summed E-state index contributed by atoms with van der Waals surface area (Å²) in [5, 5.41) is 0. The molecule has 8 heteroatoms. The molecule has 100 valence electrons. The topological polar surface area (TPSA) is 63.2 Å². The molecule has 1 amide bonds. The zero-order valence-electron chi connectivity index (χ0n) is 9.28. The van der Waals surface area contributed by atoms with Gasteiger partial charge < -0.3 is 0 Å². The van der Waals surface area contributed by atoms with E-state index in [2.05, 4.69) is 0 Å². The number of benzene rings is 1. The zero-order valence-corrected chi connectivity index (χ0v) is 10.1. The van der Waals surface area contributed by atoms with Crippen LogP contribution in [-0.2, 0) is 14.8 Å². The Morgan fingerprint density at radius 2 is 1.72 bits per heavy atom. The van der Waals surface area contributed by atoms with Crippen LogP contribution in [0.1, 0.15) is 12.0 Å². The summed E-state index contributed by atoms with van der Waals surface area (Å²) >= 11 is 0. The number of sulfonamides is 1. The Morgan fingerprint density at radius 1 is 1.22 bits per heavy atom. The maximum absolute atomic E-state index is 11.9. The van der Waals surface area contributed by atoms with Crippen LogP contribution in [0.15, 0.2) is 29.2 Å². The van der Waals surface area contributed by atoms with Gasteiger partial charge in [-0.3, -0.25) is 4.79 Å². The third-order valence-electron chi connectivity index (χ3n) is 1.94. The summed E-state index contributed by atoms with van der Waals surface area (Å²) in [5.74, 6) is -1.61. The molecule has 0 radical (unpaired) electrons. The van der Waals surface area contributed by atoms with Gasteiger partial charge in [-0.15, -0.1) is 0 Å². The molecule has 0 heterocycles. The van der Waals surface area contributed by atoms with E-state index >= 15 is 0 Å². The first-order chi connectivity index (χ1) is 8.10. The van der Waals surface area contributed by atoms with Crippen molar-refractivity contribution < 1.29 is 26.4 Å². The molecule has 1 aromatic rings. The van der Waals surface area contributed by atoms with Crippen molar-refractivity contribution >= 4 is 15.9 Å². The molecule has 0 aliphatic heterocycles. The molecule has 0 saturated carbocycles. The van der Waals surface area contributed by atoms with Crippen molar-refractivity contribution in [1.82, 2.24) is 4.72 Å². The van der Waals surface area contributed by atoms with Crippen LogP contribution in [0.5, 0.6) is 0 Å². The normalized spacial score (nSPS) is 12.2. The van der Waals surface area contributed by atoms with Crippen LogP contribution in [0.25, 0.3) is 0 Å². The summed E-state index contributed by atoms with van der Waals surface area (Å²) in [5.41, 5.74) is 0.788. The molecule has 18 heavy (non-hydrogen) atoms. The van der Waals surface area contributed by atoms with E-state index in [0.29, 0.717) is 0 Å². The van der Waals surface area contributed by atoms with E-state index < -0.39 is 28.5 Å². The number of carbonyl (C=O) groups excluding carboxylic acids is 1. The molecule has 0 aromatic heterocycles. The minimum atomic E-state index is -4.74. The van der Waals surface area contributed by atoms with E-state index in [-0.39, 0.29) is 4.90 Å². The Bertz CT molecular complexity index is 534. The average Bonchev–Trinajstić information content (AvgIpc) is 2.13. The summed E-state index contributed by atoms with van der Waals surface area (Å²) in [6.45, 7) is 1.72. The molecular weight excluding hydrogens is 271 g/mol. The molecule has 1 rings (SSSR count). The van der Waals surface area contributed by atoms with Crippen LogP contribution in [0.4, 0.5) is 13.2 Å². The number of alkyl halides is 3. The lowest BCUT2D eigenvalue weighted by Crippen LogP contribution is -2.33. The first-order valence-electron chi connectivity index (χ1n) is 4.79. The van der Waals surface area contributed by atoms with Gasteiger partial charge in [0, 0.05) is 0 Å². The molecule has 0 aliphatic rings. The number of rotatable bonds is 3. The van der Waals surface area contributed by atoms with E-state index in [1.165, 1.54) is 29.0 Å².